The standard InChI is InChI=1S/C16H21BrO3/c1-2-20-16(19)11-6-4-3-5-10-15(18)13-8-7-9-14(17)12-13/h7-9,12H,2-6,10-11H2,1H3. The monoisotopic (exact) mass is 340 g/mol. The number of benzene rings is 1. The minimum Gasteiger partial charge on any atom is -0.466 e. The molecule has 0 fully saturated rings. The van der Waals surface area contributed by atoms with Gasteiger partial charge in [-0.1, -0.05) is 40.9 Å². The number of ketones is 1. The van der Waals surface area contributed by atoms with Crippen LogP contribution in [-0.4, -0.2) is 18.4 Å². The van der Waals surface area contributed by atoms with Gasteiger partial charge in [-0.3, -0.25) is 9.59 Å². The summed E-state index contributed by atoms with van der Waals surface area (Å²) in [5.41, 5.74) is 0.755. The lowest BCUT2D eigenvalue weighted by Crippen LogP contribution is -2.03. The summed E-state index contributed by atoms with van der Waals surface area (Å²) < 4.78 is 5.79. The Kier molecular flexibility index (Phi) is 8.19. The molecule has 1 rings (SSSR count). The zero-order valence-corrected chi connectivity index (χ0v) is 13.4. The molecule has 110 valence electrons. The summed E-state index contributed by atoms with van der Waals surface area (Å²) in [7, 11) is 0. The summed E-state index contributed by atoms with van der Waals surface area (Å²) in [5, 5.41) is 0. The average molecular weight is 341 g/mol. The van der Waals surface area contributed by atoms with E-state index < -0.39 is 0 Å². The number of hydrogen-bond acceptors (Lipinski definition) is 3. The van der Waals surface area contributed by atoms with E-state index >= 15 is 0 Å². The molecule has 4 heteroatoms. The molecule has 0 aliphatic heterocycles. The number of halogens is 1. The van der Waals surface area contributed by atoms with E-state index in [-0.39, 0.29) is 11.8 Å². The van der Waals surface area contributed by atoms with Crippen molar-refractivity contribution < 1.29 is 14.3 Å². The Labute approximate surface area is 128 Å². The maximum atomic E-state index is 11.9. The van der Waals surface area contributed by atoms with Crippen LogP contribution in [0.25, 0.3) is 0 Å². The number of rotatable bonds is 9. The number of carbonyl (C=O) groups excluding carboxylic acids is 2. The van der Waals surface area contributed by atoms with Gasteiger partial charge in [-0.05, 0) is 31.9 Å². The van der Waals surface area contributed by atoms with E-state index in [9.17, 15) is 9.59 Å². The molecule has 0 heterocycles. The minimum atomic E-state index is -0.127. The zero-order chi connectivity index (χ0) is 14.8. The highest BCUT2D eigenvalue weighted by Gasteiger charge is 2.06. The van der Waals surface area contributed by atoms with Crippen LogP contribution in [0.15, 0.2) is 28.7 Å². The fraction of sp³-hybridized carbons (Fsp3) is 0.500. The summed E-state index contributed by atoms with van der Waals surface area (Å²) in [4.78, 5) is 23.0. The number of ether oxygens (including phenoxy) is 1. The molecular weight excluding hydrogens is 320 g/mol. The van der Waals surface area contributed by atoms with Gasteiger partial charge in [-0.25, -0.2) is 0 Å². The molecule has 3 nitrogen and oxygen atoms in total. The summed E-state index contributed by atoms with van der Waals surface area (Å²) in [6.45, 7) is 2.26. The Bertz CT molecular complexity index is 443. The van der Waals surface area contributed by atoms with E-state index in [0.717, 1.165) is 35.7 Å². The van der Waals surface area contributed by atoms with Crippen molar-refractivity contribution in [1.82, 2.24) is 0 Å². The van der Waals surface area contributed by atoms with E-state index in [1.165, 1.54) is 0 Å². The van der Waals surface area contributed by atoms with Gasteiger partial charge in [0.2, 0.25) is 0 Å². The van der Waals surface area contributed by atoms with Crippen molar-refractivity contribution >= 4 is 27.7 Å². The maximum Gasteiger partial charge on any atom is 0.305 e. The van der Waals surface area contributed by atoms with Crippen LogP contribution in [0.5, 0.6) is 0 Å². The first kappa shape index (κ1) is 16.9. The van der Waals surface area contributed by atoms with Gasteiger partial charge in [0.25, 0.3) is 0 Å². The molecule has 1 aromatic carbocycles. The van der Waals surface area contributed by atoms with Gasteiger partial charge in [-0.15, -0.1) is 0 Å². The highest BCUT2D eigenvalue weighted by molar-refractivity contribution is 9.10. The number of carbonyl (C=O) groups is 2. The van der Waals surface area contributed by atoms with Crippen molar-refractivity contribution in [3.63, 3.8) is 0 Å². The Morgan fingerprint density at radius 1 is 1.10 bits per heavy atom. The van der Waals surface area contributed by atoms with E-state index in [1.807, 2.05) is 31.2 Å². The smallest absolute Gasteiger partial charge is 0.305 e. The molecule has 1 aromatic rings. The second-order valence-corrected chi connectivity index (χ2v) is 5.57. The van der Waals surface area contributed by atoms with Crippen molar-refractivity contribution in [1.29, 1.82) is 0 Å². The lowest BCUT2D eigenvalue weighted by atomic mass is 10.0. The second-order valence-electron chi connectivity index (χ2n) is 4.65. The number of esters is 1. The van der Waals surface area contributed by atoms with Gasteiger partial charge in [0.05, 0.1) is 6.61 Å². The van der Waals surface area contributed by atoms with Crippen LogP contribution in [0.1, 0.15) is 55.8 Å². The van der Waals surface area contributed by atoms with Gasteiger partial charge in [0.1, 0.15) is 0 Å². The first-order chi connectivity index (χ1) is 9.63. The van der Waals surface area contributed by atoms with Crippen molar-refractivity contribution in [3.8, 4) is 0 Å². The van der Waals surface area contributed by atoms with Crippen molar-refractivity contribution in [3.05, 3.63) is 34.3 Å². The van der Waals surface area contributed by atoms with Crippen LogP contribution < -0.4 is 0 Å². The average Bonchev–Trinajstić information content (AvgIpc) is 2.42. The van der Waals surface area contributed by atoms with Crippen molar-refractivity contribution in [2.24, 2.45) is 0 Å². The largest absolute Gasteiger partial charge is 0.466 e. The van der Waals surface area contributed by atoms with E-state index in [4.69, 9.17) is 4.74 Å². The molecule has 0 N–H and O–H groups in total. The van der Waals surface area contributed by atoms with Gasteiger partial charge in [-0.2, -0.15) is 0 Å². The van der Waals surface area contributed by atoms with Crippen LogP contribution in [0.2, 0.25) is 0 Å². The summed E-state index contributed by atoms with van der Waals surface area (Å²) in [6.07, 6.45) is 4.69. The Morgan fingerprint density at radius 3 is 2.45 bits per heavy atom. The lowest BCUT2D eigenvalue weighted by molar-refractivity contribution is -0.143. The van der Waals surface area contributed by atoms with Crippen LogP contribution in [-0.2, 0) is 9.53 Å². The topological polar surface area (TPSA) is 43.4 Å². The Morgan fingerprint density at radius 2 is 1.80 bits per heavy atom. The third-order valence-electron chi connectivity index (χ3n) is 2.99. The van der Waals surface area contributed by atoms with Crippen LogP contribution in [0, 0.1) is 0 Å². The molecule has 0 spiro atoms. The summed E-state index contributed by atoms with van der Waals surface area (Å²) in [5.74, 6) is 0.0504. The first-order valence-electron chi connectivity index (χ1n) is 7.08. The maximum absolute atomic E-state index is 11.9. The molecule has 20 heavy (non-hydrogen) atoms. The molecule has 0 unspecified atom stereocenters. The number of unbranched alkanes of at least 4 members (excludes halogenated alkanes) is 3. The highest BCUT2D eigenvalue weighted by atomic mass is 79.9. The first-order valence-corrected chi connectivity index (χ1v) is 7.87. The summed E-state index contributed by atoms with van der Waals surface area (Å²) in [6, 6.07) is 7.47. The highest BCUT2D eigenvalue weighted by Crippen LogP contribution is 2.15. The summed E-state index contributed by atoms with van der Waals surface area (Å²) >= 11 is 3.36. The molecule has 0 atom stereocenters. The number of hydrogen-bond donors (Lipinski definition) is 0. The molecule has 0 aliphatic carbocycles. The van der Waals surface area contributed by atoms with E-state index in [2.05, 4.69) is 15.9 Å². The van der Waals surface area contributed by atoms with Gasteiger partial charge >= 0.3 is 5.97 Å². The van der Waals surface area contributed by atoms with Crippen molar-refractivity contribution in [2.75, 3.05) is 6.61 Å². The van der Waals surface area contributed by atoms with Gasteiger partial charge in [0.15, 0.2) is 5.78 Å². The van der Waals surface area contributed by atoms with Crippen LogP contribution in [0.3, 0.4) is 0 Å². The third-order valence-corrected chi connectivity index (χ3v) is 3.48. The molecule has 0 saturated heterocycles. The number of Topliss-reactive ketones (excluding diaryl/α,β-unsaturated/α-hetero) is 1. The van der Waals surface area contributed by atoms with E-state index in [0.29, 0.717) is 19.4 Å². The molecule has 0 bridgehead atoms. The molecule has 0 aromatic heterocycles. The van der Waals surface area contributed by atoms with Gasteiger partial charge < -0.3 is 4.74 Å². The quantitative estimate of drug-likeness (QED) is 0.376. The predicted octanol–water partition coefficient (Wildman–Crippen LogP) is 4.54. The fourth-order valence-electron chi connectivity index (χ4n) is 1.95. The molecule has 0 amide bonds. The molecule has 0 aliphatic rings. The molecule has 0 saturated carbocycles. The predicted molar refractivity (Wildman–Crippen MR) is 82.8 cm³/mol. The van der Waals surface area contributed by atoms with Gasteiger partial charge in [0, 0.05) is 22.9 Å². The Hall–Kier alpha value is -1.16. The minimum absolute atomic E-state index is 0.127. The van der Waals surface area contributed by atoms with Crippen LogP contribution >= 0.6 is 15.9 Å². The normalized spacial score (nSPS) is 10.3. The van der Waals surface area contributed by atoms with E-state index in [1.54, 1.807) is 0 Å². The fourth-order valence-corrected chi connectivity index (χ4v) is 2.35. The lowest BCUT2D eigenvalue weighted by Gasteiger charge is -2.03. The zero-order valence-electron chi connectivity index (χ0n) is 11.9. The van der Waals surface area contributed by atoms with Crippen LogP contribution in [0.4, 0.5) is 0 Å². The van der Waals surface area contributed by atoms with Crippen molar-refractivity contribution in [2.45, 2.75) is 45.4 Å². The Balaban J connectivity index is 2.12. The second kappa shape index (κ2) is 9.70. The SMILES string of the molecule is CCOC(=O)CCCCCCC(=O)c1cccc(Br)c1. The molecule has 0 radical (unpaired) electrons. The third kappa shape index (κ3) is 6.85. The molecular formula is C16H21BrO3.